The number of benzene rings is 1. The SMILES string of the molecule is CNCc1ccccc1[C@@H](C)C1=CC(/C(C=N)=C/N)=CCC1C. The number of nitrogens with one attached hydrogen (secondary N) is 2. The van der Waals surface area contributed by atoms with Crippen molar-refractivity contribution in [2.75, 3.05) is 7.05 Å². The first-order valence-electron chi connectivity index (χ1n) is 8.19. The van der Waals surface area contributed by atoms with E-state index >= 15 is 0 Å². The zero-order valence-electron chi connectivity index (χ0n) is 14.3. The highest BCUT2D eigenvalue weighted by Crippen LogP contribution is 2.37. The van der Waals surface area contributed by atoms with Crippen molar-refractivity contribution in [3.8, 4) is 0 Å². The fourth-order valence-electron chi connectivity index (χ4n) is 3.29. The van der Waals surface area contributed by atoms with Gasteiger partial charge < -0.3 is 16.5 Å². The Hall–Kier alpha value is -2.13. The van der Waals surface area contributed by atoms with Crippen LogP contribution >= 0.6 is 0 Å². The number of rotatable bonds is 6. The Labute approximate surface area is 139 Å². The molecule has 122 valence electrons. The Morgan fingerprint density at radius 1 is 1.43 bits per heavy atom. The minimum absolute atomic E-state index is 0.350. The van der Waals surface area contributed by atoms with E-state index in [1.807, 2.05) is 7.05 Å². The molecule has 1 aliphatic carbocycles. The van der Waals surface area contributed by atoms with Gasteiger partial charge in [0.25, 0.3) is 0 Å². The summed E-state index contributed by atoms with van der Waals surface area (Å²) in [5.41, 5.74) is 11.6. The molecule has 0 amide bonds. The van der Waals surface area contributed by atoms with Gasteiger partial charge in [-0.2, -0.15) is 0 Å². The largest absolute Gasteiger partial charge is 0.404 e. The molecule has 1 aromatic rings. The lowest BCUT2D eigenvalue weighted by Gasteiger charge is -2.27. The van der Waals surface area contributed by atoms with Crippen LogP contribution in [0.5, 0.6) is 0 Å². The van der Waals surface area contributed by atoms with Crippen LogP contribution in [0.2, 0.25) is 0 Å². The third kappa shape index (κ3) is 3.80. The van der Waals surface area contributed by atoms with Crippen LogP contribution in [-0.4, -0.2) is 13.3 Å². The molecule has 0 spiro atoms. The highest BCUT2D eigenvalue weighted by atomic mass is 14.8. The summed E-state index contributed by atoms with van der Waals surface area (Å²) >= 11 is 0. The van der Waals surface area contributed by atoms with Gasteiger partial charge in [-0.1, -0.05) is 55.8 Å². The second kappa shape index (κ2) is 7.93. The first kappa shape index (κ1) is 17.2. The molecule has 0 fully saturated rings. The molecular formula is C20H27N3. The van der Waals surface area contributed by atoms with Crippen LogP contribution in [0, 0.1) is 11.3 Å². The lowest BCUT2D eigenvalue weighted by molar-refractivity contribution is 0.618. The van der Waals surface area contributed by atoms with Crippen molar-refractivity contribution in [3.05, 3.63) is 70.5 Å². The van der Waals surface area contributed by atoms with Gasteiger partial charge in [0.15, 0.2) is 0 Å². The molecule has 0 aromatic heterocycles. The summed E-state index contributed by atoms with van der Waals surface area (Å²) in [7, 11) is 1.98. The molecule has 0 heterocycles. The van der Waals surface area contributed by atoms with E-state index in [1.165, 1.54) is 29.1 Å². The quantitative estimate of drug-likeness (QED) is 0.698. The van der Waals surface area contributed by atoms with Crippen molar-refractivity contribution in [2.24, 2.45) is 11.7 Å². The number of hydrogen-bond acceptors (Lipinski definition) is 3. The van der Waals surface area contributed by atoms with E-state index in [0.717, 1.165) is 24.1 Å². The normalized spacial score (nSPS) is 19.8. The molecule has 0 saturated carbocycles. The fraction of sp³-hybridized carbons (Fsp3) is 0.350. The van der Waals surface area contributed by atoms with Crippen molar-refractivity contribution in [1.29, 1.82) is 5.41 Å². The van der Waals surface area contributed by atoms with Crippen LogP contribution in [0.25, 0.3) is 0 Å². The molecule has 23 heavy (non-hydrogen) atoms. The second-order valence-electron chi connectivity index (χ2n) is 6.16. The summed E-state index contributed by atoms with van der Waals surface area (Å²) in [6.45, 7) is 5.42. The first-order valence-corrected chi connectivity index (χ1v) is 8.19. The third-order valence-electron chi connectivity index (χ3n) is 4.64. The van der Waals surface area contributed by atoms with E-state index in [9.17, 15) is 0 Å². The summed E-state index contributed by atoms with van der Waals surface area (Å²) in [5, 5.41) is 10.8. The average Bonchev–Trinajstić information content (AvgIpc) is 2.57. The Morgan fingerprint density at radius 2 is 2.17 bits per heavy atom. The van der Waals surface area contributed by atoms with Gasteiger partial charge in [0.05, 0.1) is 0 Å². The van der Waals surface area contributed by atoms with Gasteiger partial charge in [0.2, 0.25) is 0 Å². The van der Waals surface area contributed by atoms with E-state index in [0.29, 0.717) is 11.8 Å². The van der Waals surface area contributed by atoms with Crippen molar-refractivity contribution in [3.63, 3.8) is 0 Å². The molecule has 3 heteroatoms. The van der Waals surface area contributed by atoms with Gasteiger partial charge in [-0.05, 0) is 36.1 Å². The van der Waals surface area contributed by atoms with Crippen molar-refractivity contribution in [2.45, 2.75) is 32.7 Å². The number of allylic oxidation sites excluding steroid dienone is 5. The maximum absolute atomic E-state index is 7.52. The summed E-state index contributed by atoms with van der Waals surface area (Å²) in [6, 6.07) is 8.62. The predicted octanol–water partition coefficient (Wildman–Crippen LogP) is 3.89. The summed E-state index contributed by atoms with van der Waals surface area (Å²) < 4.78 is 0. The summed E-state index contributed by atoms with van der Waals surface area (Å²) in [6.07, 6.45) is 8.24. The zero-order chi connectivity index (χ0) is 16.8. The minimum Gasteiger partial charge on any atom is -0.404 e. The van der Waals surface area contributed by atoms with Crippen LogP contribution in [0.15, 0.2) is 59.3 Å². The molecule has 1 unspecified atom stereocenters. The second-order valence-corrected chi connectivity index (χ2v) is 6.16. The maximum Gasteiger partial charge on any atom is 0.0270 e. The van der Waals surface area contributed by atoms with Gasteiger partial charge in [0, 0.05) is 30.5 Å². The highest BCUT2D eigenvalue weighted by Gasteiger charge is 2.22. The smallest absolute Gasteiger partial charge is 0.0270 e. The molecule has 0 aliphatic heterocycles. The third-order valence-corrected chi connectivity index (χ3v) is 4.64. The molecule has 4 N–H and O–H groups in total. The van der Waals surface area contributed by atoms with Gasteiger partial charge >= 0.3 is 0 Å². The zero-order valence-corrected chi connectivity index (χ0v) is 14.3. The monoisotopic (exact) mass is 309 g/mol. The summed E-state index contributed by atoms with van der Waals surface area (Å²) in [5.74, 6) is 0.851. The van der Waals surface area contributed by atoms with Crippen LogP contribution < -0.4 is 11.1 Å². The van der Waals surface area contributed by atoms with Crippen molar-refractivity contribution < 1.29 is 0 Å². The fourth-order valence-corrected chi connectivity index (χ4v) is 3.29. The summed E-state index contributed by atoms with van der Waals surface area (Å²) in [4.78, 5) is 0. The lowest BCUT2D eigenvalue weighted by Crippen LogP contribution is -2.15. The molecule has 3 nitrogen and oxygen atoms in total. The van der Waals surface area contributed by atoms with E-state index in [4.69, 9.17) is 11.1 Å². The van der Waals surface area contributed by atoms with E-state index in [1.54, 1.807) is 0 Å². The first-order chi connectivity index (χ1) is 11.1. The molecule has 0 radical (unpaired) electrons. The van der Waals surface area contributed by atoms with Gasteiger partial charge in [-0.25, -0.2) is 0 Å². The van der Waals surface area contributed by atoms with Crippen molar-refractivity contribution >= 4 is 6.21 Å². The van der Waals surface area contributed by atoms with Gasteiger partial charge in [0.1, 0.15) is 0 Å². The molecule has 2 atom stereocenters. The Kier molecular flexibility index (Phi) is 5.94. The molecular weight excluding hydrogens is 282 g/mol. The number of nitrogens with two attached hydrogens (primary N) is 1. The van der Waals surface area contributed by atoms with Gasteiger partial charge in [-0.15, -0.1) is 0 Å². The molecule has 0 saturated heterocycles. The predicted molar refractivity (Wildman–Crippen MR) is 98.6 cm³/mol. The lowest BCUT2D eigenvalue weighted by atomic mass is 9.78. The highest BCUT2D eigenvalue weighted by molar-refractivity contribution is 5.83. The Bertz CT molecular complexity index is 653. The number of hydrogen-bond donors (Lipinski definition) is 3. The van der Waals surface area contributed by atoms with Crippen molar-refractivity contribution in [1.82, 2.24) is 5.32 Å². The Balaban J connectivity index is 2.39. The average molecular weight is 309 g/mol. The molecule has 1 aliphatic rings. The van der Waals surface area contributed by atoms with Crippen LogP contribution in [-0.2, 0) is 6.54 Å². The Morgan fingerprint density at radius 3 is 2.83 bits per heavy atom. The topological polar surface area (TPSA) is 61.9 Å². The van der Waals surface area contributed by atoms with Crippen LogP contribution in [0.4, 0.5) is 0 Å². The minimum atomic E-state index is 0.350. The molecule has 0 bridgehead atoms. The standard InChI is InChI=1S/C20H27N3/c1-14-8-9-16(18(11-21)12-22)10-20(14)15(2)19-7-5-4-6-17(19)13-23-3/h4-7,9-12,14-15,21,23H,8,13,22H2,1-3H3/b18-12+,21-11?/t14?,15-/m1/s1. The maximum atomic E-state index is 7.52. The van der Waals surface area contributed by atoms with E-state index in [-0.39, 0.29) is 0 Å². The van der Waals surface area contributed by atoms with Crippen LogP contribution in [0.1, 0.15) is 37.3 Å². The van der Waals surface area contributed by atoms with Gasteiger partial charge in [-0.3, -0.25) is 0 Å². The van der Waals surface area contributed by atoms with E-state index < -0.39 is 0 Å². The van der Waals surface area contributed by atoms with Crippen LogP contribution in [0.3, 0.4) is 0 Å². The molecule has 1 aromatic carbocycles. The van der Waals surface area contributed by atoms with E-state index in [2.05, 4.69) is 55.6 Å². The molecule has 2 rings (SSSR count).